The zero-order valence-corrected chi connectivity index (χ0v) is 15.8. The van der Waals surface area contributed by atoms with Crippen LogP contribution in [0.2, 0.25) is 0 Å². The number of amides is 1. The third-order valence-electron chi connectivity index (χ3n) is 4.53. The second-order valence-corrected chi connectivity index (χ2v) is 8.13. The van der Waals surface area contributed by atoms with Crippen molar-refractivity contribution in [2.45, 2.75) is 44.1 Å². The van der Waals surface area contributed by atoms with Crippen molar-refractivity contribution in [2.75, 3.05) is 10.0 Å². The van der Waals surface area contributed by atoms with Crippen molar-refractivity contribution >= 4 is 27.3 Å². The molecule has 2 aromatic rings. The number of hydrogen-bond donors (Lipinski definition) is 2. The highest BCUT2D eigenvalue weighted by atomic mass is 32.2. The van der Waals surface area contributed by atoms with Crippen LogP contribution in [0.3, 0.4) is 0 Å². The van der Waals surface area contributed by atoms with Crippen LogP contribution in [0.1, 0.15) is 38.7 Å². The fourth-order valence-corrected chi connectivity index (χ4v) is 3.75. The highest BCUT2D eigenvalue weighted by Gasteiger charge is 2.24. The molecule has 0 radical (unpaired) electrons. The molecule has 1 amide bonds. The molecule has 7 heteroatoms. The Morgan fingerprint density at radius 1 is 1.19 bits per heavy atom. The van der Waals surface area contributed by atoms with Crippen LogP contribution in [0.4, 0.5) is 11.4 Å². The van der Waals surface area contributed by atoms with Crippen molar-refractivity contribution in [2.24, 2.45) is 0 Å². The molecule has 3 rings (SSSR count). The van der Waals surface area contributed by atoms with Crippen molar-refractivity contribution in [1.82, 2.24) is 0 Å². The zero-order valence-electron chi connectivity index (χ0n) is 14.9. The number of nitrogens with one attached hydrogen (secondary N) is 2. The highest BCUT2D eigenvalue weighted by molar-refractivity contribution is 7.92. The van der Waals surface area contributed by atoms with E-state index < -0.39 is 16.1 Å². The van der Waals surface area contributed by atoms with Gasteiger partial charge in [0.2, 0.25) is 0 Å². The van der Waals surface area contributed by atoms with Crippen molar-refractivity contribution < 1.29 is 17.9 Å². The number of benzene rings is 2. The predicted molar refractivity (Wildman–Crippen MR) is 101 cm³/mol. The third-order valence-corrected chi connectivity index (χ3v) is 5.93. The summed E-state index contributed by atoms with van der Waals surface area (Å²) in [6, 6.07) is 11.7. The third kappa shape index (κ3) is 3.67. The van der Waals surface area contributed by atoms with Gasteiger partial charge in [0.25, 0.3) is 15.9 Å². The lowest BCUT2D eigenvalue weighted by Crippen LogP contribution is -2.34. The first-order valence-electron chi connectivity index (χ1n) is 8.54. The van der Waals surface area contributed by atoms with E-state index in [-0.39, 0.29) is 10.8 Å². The number of carbonyl (C=O) groups excluding carboxylic acids is 1. The minimum absolute atomic E-state index is 0.191. The van der Waals surface area contributed by atoms with E-state index in [1.165, 1.54) is 0 Å². The Balaban J connectivity index is 1.82. The quantitative estimate of drug-likeness (QED) is 0.835. The zero-order chi connectivity index (χ0) is 18.9. The Morgan fingerprint density at radius 2 is 1.88 bits per heavy atom. The maximum atomic E-state index is 12.6. The van der Waals surface area contributed by atoms with Gasteiger partial charge in [-0.3, -0.25) is 9.52 Å². The molecule has 26 heavy (non-hydrogen) atoms. The summed E-state index contributed by atoms with van der Waals surface area (Å²) in [5.74, 6) is 0.627. The Hall–Kier alpha value is -2.54. The van der Waals surface area contributed by atoms with Gasteiger partial charge in [0.05, 0.1) is 16.3 Å². The van der Waals surface area contributed by atoms with E-state index in [1.807, 2.05) is 12.1 Å². The van der Waals surface area contributed by atoms with Crippen LogP contribution in [0.25, 0.3) is 0 Å². The van der Waals surface area contributed by atoms with Crippen LogP contribution >= 0.6 is 0 Å². The van der Waals surface area contributed by atoms with Crippen LogP contribution in [0.5, 0.6) is 5.75 Å². The van der Waals surface area contributed by atoms with E-state index in [1.54, 1.807) is 37.3 Å². The Morgan fingerprint density at radius 3 is 2.54 bits per heavy atom. The summed E-state index contributed by atoms with van der Waals surface area (Å²) in [7, 11) is -3.72. The van der Waals surface area contributed by atoms with Crippen LogP contribution < -0.4 is 14.8 Å². The molecule has 1 aliphatic rings. The molecule has 0 saturated carbocycles. The minimum atomic E-state index is -3.72. The molecule has 2 aromatic carbocycles. The summed E-state index contributed by atoms with van der Waals surface area (Å²) in [5, 5.41) is 2.70. The number of anilines is 2. The van der Waals surface area contributed by atoms with Gasteiger partial charge >= 0.3 is 0 Å². The molecule has 2 atom stereocenters. The first kappa shape index (κ1) is 18.3. The van der Waals surface area contributed by atoms with Crippen molar-refractivity contribution in [1.29, 1.82) is 0 Å². The molecular formula is C19H22N2O4S. The number of ether oxygens (including phenoxy) is 1. The first-order valence-corrected chi connectivity index (χ1v) is 10.0. The predicted octanol–water partition coefficient (Wildman–Crippen LogP) is 3.72. The van der Waals surface area contributed by atoms with E-state index >= 15 is 0 Å². The normalized spacial score (nSPS) is 17.7. The van der Waals surface area contributed by atoms with Crippen LogP contribution in [0, 0.1) is 0 Å². The average Bonchev–Trinajstić information content (AvgIpc) is 2.62. The second kappa shape index (κ2) is 6.99. The summed E-state index contributed by atoms with van der Waals surface area (Å²) in [6.07, 6.45) is 0.417. The molecule has 1 heterocycles. The molecule has 0 spiro atoms. The van der Waals surface area contributed by atoms with Gasteiger partial charge in [-0.05, 0) is 55.2 Å². The lowest BCUT2D eigenvalue weighted by molar-refractivity contribution is -0.122. The van der Waals surface area contributed by atoms with Crippen molar-refractivity contribution in [3.8, 4) is 5.75 Å². The summed E-state index contributed by atoms with van der Waals surface area (Å²) < 4.78 is 33.2. The highest BCUT2D eigenvalue weighted by Crippen LogP contribution is 2.33. The van der Waals surface area contributed by atoms with E-state index in [2.05, 4.69) is 23.9 Å². The smallest absolute Gasteiger partial charge is 0.265 e. The molecule has 1 aliphatic heterocycles. The van der Waals surface area contributed by atoms with E-state index in [0.717, 1.165) is 12.0 Å². The molecule has 0 saturated heterocycles. The van der Waals surface area contributed by atoms with Crippen molar-refractivity contribution in [3.63, 3.8) is 0 Å². The molecule has 138 valence electrons. The first-order chi connectivity index (χ1) is 12.3. The number of carbonyl (C=O) groups is 1. The van der Waals surface area contributed by atoms with Crippen molar-refractivity contribution in [3.05, 3.63) is 48.0 Å². The van der Waals surface area contributed by atoms with Gasteiger partial charge in [-0.15, -0.1) is 0 Å². The molecule has 0 bridgehead atoms. The lowest BCUT2D eigenvalue weighted by Gasteiger charge is -2.23. The largest absolute Gasteiger partial charge is 0.479 e. The monoisotopic (exact) mass is 374 g/mol. The Bertz CT molecular complexity index is 923. The van der Waals surface area contributed by atoms with Gasteiger partial charge in [0, 0.05) is 0 Å². The SMILES string of the molecule is CC[C@H](C)c1ccc(S(=O)(=O)Nc2ccc3c(c2)NC(=O)[C@@H](C)O3)cc1. The number of sulfonamides is 1. The molecule has 2 N–H and O–H groups in total. The molecular weight excluding hydrogens is 352 g/mol. The van der Waals surface area contributed by atoms with E-state index in [9.17, 15) is 13.2 Å². The summed E-state index contributed by atoms with van der Waals surface area (Å²) in [4.78, 5) is 11.9. The maximum absolute atomic E-state index is 12.6. The number of hydrogen-bond acceptors (Lipinski definition) is 4. The summed E-state index contributed by atoms with van der Waals surface area (Å²) in [5.41, 5.74) is 1.91. The second-order valence-electron chi connectivity index (χ2n) is 6.44. The van der Waals surface area contributed by atoms with Gasteiger partial charge in [-0.1, -0.05) is 26.0 Å². The van der Waals surface area contributed by atoms with Gasteiger partial charge < -0.3 is 10.1 Å². The van der Waals surface area contributed by atoms with Gasteiger partial charge in [0.1, 0.15) is 5.75 Å². The standard InChI is InChI=1S/C19H22N2O4S/c1-4-12(2)14-5-8-16(9-6-14)26(23,24)21-15-7-10-18-17(11-15)20-19(22)13(3)25-18/h5-13,21H,4H2,1-3H3,(H,20,22)/t12-,13+/m0/s1. The number of fused-ring (bicyclic) bond motifs is 1. The van der Waals surface area contributed by atoms with Gasteiger partial charge in [-0.25, -0.2) is 8.42 Å². The molecule has 0 unspecified atom stereocenters. The fourth-order valence-electron chi connectivity index (χ4n) is 2.70. The average molecular weight is 374 g/mol. The number of rotatable bonds is 5. The molecule has 0 aromatic heterocycles. The van der Waals surface area contributed by atoms with Gasteiger partial charge in [-0.2, -0.15) is 0 Å². The van der Waals surface area contributed by atoms with E-state index in [0.29, 0.717) is 23.0 Å². The van der Waals surface area contributed by atoms with Crippen LogP contribution in [-0.2, 0) is 14.8 Å². The molecule has 0 aliphatic carbocycles. The minimum Gasteiger partial charge on any atom is -0.479 e. The van der Waals surface area contributed by atoms with Crippen LogP contribution in [0.15, 0.2) is 47.4 Å². The summed E-state index contributed by atoms with van der Waals surface area (Å²) in [6.45, 7) is 5.85. The van der Waals surface area contributed by atoms with Crippen LogP contribution in [-0.4, -0.2) is 20.4 Å². The molecule has 6 nitrogen and oxygen atoms in total. The molecule has 0 fully saturated rings. The maximum Gasteiger partial charge on any atom is 0.265 e. The fraction of sp³-hybridized carbons (Fsp3) is 0.316. The van der Waals surface area contributed by atoms with Gasteiger partial charge in [0.15, 0.2) is 6.10 Å². The van der Waals surface area contributed by atoms with E-state index in [4.69, 9.17) is 4.74 Å². The Kier molecular flexibility index (Phi) is 4.91. The summed E-state index contributed by atoms with van der Waals surface area (Å²) >= 11 is 0. The Labute approximate surface area is 153 Å². The lowest BCUT2D eigenvalue weighted by atomic mass is 9.99. The topological polar surface area (TPSA) is 84.5 Å².